The summed E-state index contributed by atoms with van der Waals surface area (Å²) < 4.78 is 17.8. The van der Waals surface area contributed by atoms with E-state index in [1.165, 1.54) is 18.8 Å². The summed E-state index contributed by atoms with van der Waals surface area (Å²) in [5.41, 5.74) is 1.77. The van der Waals surface area contributed by atoms with Crippen LogP contribution in [0.3, 0.4) is 0 Å². The lowest BCUT2D eigenvalue weighted by atomic mass is 10.0. The molecule has 1 aliphatic carbocycles. The summed E-state index contributed by atoms with van der Waals surface area (Å²) in [6, 6.07) is 10.6. The van der Waals surface area contributed by atoms with Crippen LogP contribution >= 0.6 is 0 Å². The number of benzene rings is 2. The molecule has 162 valence electrons. The number of rotatable bonds is 7. The topological polar surface area (TPSA) is 87.0 Å². The molecule has 31 heavy (non-hydrogen) atoms. The number of methoxy groups -OCH3 is 2. The van der Waals surface area contributed by atoms with Crippen molar-refractivity contribution in [3.63, 3.8) is 0 Å². The maximum atomic E-state index is 13.7. The predicted octanol–water partition coefficient (Wildman–Crippen LogP) is 3.02. The third-order valence-electron chi connectivity index (χ3n) is 5.45. The quantitative estimate of drug-likeness (QED) is 0.492. The molecule has 0 amide bonds. The van der Waals surface area contributed by atoms with Gasteiger partial charge in [0.25, 0.3) is 5.56 Å². The van der Waals surface area contributed by atoms with Gasteiger partial charge in [0.1, 0.15) is 0 Å². The van der Waals surface area contributed by atoms with Crippen LogP contribution in [0.15, 0.2) is 41.2 Å². The number of hydrogen-bond donors (Lipinski definition) is 1. The van der Waals surface area contributed by atoms with Crippen molar-refractivity contribution in [3.8, 4) is 22.8 Å². The van der Waals surface area contributed by atoms with E-state index in [1.54, 1.807) is 24.3 Å². The molecule has 1 aromatic heterocycles. The normalized spacial score (nSPS) is 13.4. The van der Waals surface area contributed by atoms with Crippen LogP contribution in [0.4, 0.5) is 0 Å². The molecule has 0 spiro atoms. The number of aliphatic hydroxyl groups excluding tert-OH is 1. The Morgan fingerprint density at radius 1 is 1.00 bits per heavy atom. The molecule has 0 saturated heterocycles. The first-order valence-electron chi connectivity index (χ1n) is 10.1. The van der Waals surface area contributed by atoms with Gasteiger partial charge in [-0.25, -0.2) is 0 Å². The average Bonchev–Trinajstić information content (AvgIpc) is 3.06. The Morgan fingerprint density at radius 2 is 1.71 bits per heavy atom. The summed E-state index contributed by atoms with van der Waals surface area (Å²) >= 11 is 0. The van der Waals surface area contributed by atoms with Gasteiger partial charge in [0, 0.05) is 16.5 Å². The van der Waals surface area contributed by atoms with Gasteiger partial charge < -0.3 is 23.9 Å². The minimum atomic E-state index is -0.930. The molecule has 1 atom stereocenters. The first kappa shape index (κ1) is 21.1. The predicted molar refractivity (Wildman–Crippen MR) is 117 cm³/mol. The second-order valence-corrected chi connectivity index (χ2v) is 7.77. The van der Waals surface area contributed by atoms with Gasteiger partial charge in [0.2, 0.25) is 0 Å². The van der Waals surface area contributed by atoms with Crippen LogP contribution in [-0.2, 0) is 11.3 Å². The van der Waals surface area contributed by atoms with E-state index in [0.29, 0.717) is 33.5 Å². The molecule has 1 heterocycles. The highest BCUT2D eigenvalue weighted by Crippen LogP contribution is 2.43. The highest BCUT2D eigenvalue weighted by Gasteiger charge is 2.34. The summed E-state index contributed by atoms with van der Waals surface area (Å²) in [4.78, 5) is 27.0. The van der Waals surface area contributed by atoms with Gasteiger partial charge >= 0.3 is 0 Å². The van der Waals surface area contributed by atoms with Crippen LogP contribution in [0.5, 0.6) is 11.5 Å². The van der Waals surface area contributed by atoms with E-state index in [1.807, 2.05) is 26.0 Å². The Labute approximate surface area is 179 Å². The summed E-state index contributed by atoms with van der Waals surface area (Å²) in [5, 5.41) is 11.3. The molecule has 3 aromatic rings. The molecule has 1 N–H and O–H groups in total. The van der Waals surface area contributed by atoms with E-state index in [0.717, 1.165) is 0 Å². The van der Waals surface area contributed by atoms with Gasteiger partial charge in [0.15, 0.2) is 17.3 Å². The number of fused-ring (bicyclic) bond motifs is 5. The molecule has 4 rings (SSSR count). The number of aliphatic hydroxyl groups is 1. The van der Waals surface area contributed by atoms with Crippen molar-refractivity contribution in [2.24, 2.45) is 0 Å². The van der Waals surface area contributed by atoms with Crippen molar-refractivity contribution in [3.05, 3.63) is 57.9 Å². The van der Waals surface area contributed by atoms with Crippen molar-refractivity contribution in [2.45, 2.75) is 32.6 Å². The average molecular weight is 423 g/mol. The summed E-state index contributed by atoms with van der Waals surface area (Å²) in [5.74, 6) is 0.493. The summed E-state index contributed by atoms with van der Waals surface area (Å²) in [6.45, 7) is 3.80. The fourth-order valence-electron chi connectivity index (χ4n) is 4.12. The number of ether oxygens (including phenoxy) is 3. The fraction of sp³-hybridized carbons (Fsp3) is 0.333. The van der Waals surface area contributed by atoms with Crippen LogP contribution < -0.4 is 15.0 Å². The van der Waals surface area contributed by atoms with E-state index in [2.05, 4.69) is 0 Å². The Morgan fingerprint density at radius 3 is 2.35 bits per heavy atom. The maximum Gasteiger partial charge on any atom is 0.262 e. The largest absolute Gasteiger partial charge is 0.493 e. The fourth-order valence-corrected chi connectivity index (χ4v) is 4.12. The smallest absolute Gasteiger partial charge is 0.262 e. The lowest BCUT2D eigenvalue weighted by Crippen LogP contribution is -2.32. The number of ketones is 1. The molecule has 0 aliphatic heterocycles. The number of pyridine rings is 1. The van der Waals surface area contributed by atoms with E-state index in [-0.39, 0.29) is 41.7 Å². The first-order chi connectivity index (χ1) is 14.9. The molecular weight excluding hydrogens is 398 g/mol. The molecule has 0 unspecified atom stereocenters. The molecule has 0 saturated carbocycles. The highest BCUT2D eigenvalue weighted by atomic mass is 16.5. The van der Waals surface area contributed by atoms with Gasteiger partial charge in [0.05, 0.1) is 56.2 Å². The van der Waals surface area contributed by atoms with Crippen molar-refractivity contribution in [1.82, 2.24) is 4.57 Å². The van der Waals surface area contributed by atoms with Crippen molar-refractivity contribution < 1.29 is 24.1 Å². The van der Waals surface area contributed by atoms with Crippen molar-refractivity contribution in [1.29, 1.82) is 0 Å². The van der Waals surface area contributed by atoms with E-state index in [4.69, 9.17) is 14.2 Å². The zero-order valence-corrected chi connectivity index (χ0v) is 18.0. The van der Waals surface area contributed by atoms with Gasteiger partial charge in [-0.15, -0.1) is 0 Å². The SMILES string of the molecule is COc1ccc2c3c(n(C[C@@H](O)COC(C)C)c(=O)c2c1OC)-c1ccccc1C3=O. The monoisotopic (exact) mass is 423 g/mol. The van der Waals surface area contributed by atoms with E-state index >= 15 is 0 Å². The van der Waals surface area contributed by atoms with Crippen LogP contribution in [-0.4, -0.2) is 48.5 Å². The minimum Gasteiger partial charge on any atom is -0.493 e. The Bertz CT molecular complexity index is 1230. The number of nitrogens with zero attached hydrogens (tertiary/aromatic N) is 1. The molecular formula is C24H25NO6. The molecule has 0 bridgehead atoms. The minimum absolute atomic E-state index is 0.0220. The molecule has 1 aliphatic rings. The van der Waals surface area contributed by atoms with Crippen molar-refractivity contribution >= 4 is 16.6 Å². The number of hydrogen-bond acceptors (Lipinski definition) is 6. The van der Waals surface area contributed by atoms with E-state index < -0.39 is 6.10 Å². The summed E-state index contributed by atoms with van der Waals surface area (Å²) in [6.07, 6.45) is -0.985. The second-order valence-electron chi connectivity index (χ2n) is 7.77. The number of aromatic nitrogens is 1. The number of carbonyl (C=O) groups excluding carboxylic acids is 1. The van der Waals surface area contributed by atoms with Gasteiger partial charge in [-0.3, -0.25) is 9.59 Å². The maximum absolute atomic E-state index is 13.7. The van der Waals surface area contributed by atoms with Gasteiger partial charge in [-0.2, -0.15) is 0 Å². The highest BCUT2D eigenvalue weighted by molar-refractivity contribution is 6.27. The molecule has 0 radical (unpaired) electrons. The lowest BCUT2D eigenvalue weighted by Gasteiger charge is -2.20. The molecule has 2 aromatic carbocycles. The number of carbonyl (C=O) groups is 1. The van der Waals surface area contributed by atoms with Crippen LogP contribution in [0, 0.1) is 0 Å². The van der Waals surface area contributed by atoms with Crippen molar-refractivity contribution in [2.75, 3.05) is 20.8 Å². The Kier molecular flexibility index (Phi) is 5.56. The van der Waals surface area contributed by atoms with Crippen LogP contribution in [0.25, 0.3) is 22.0 Å². The molecule has 0 fully saturated rings. The summed E-state index contributed by atoms with van der Waals surface area (Å²) in [7, 11) is 2.94. The van der Waals surface area contributed by atoms with Gasteiger partial charge in [-0.05, 0) is 26.0 Å². The zero-order valence-electron chi connectivity index (χ0n) is 18.0. The molecule has 7 heteroatoms. The zero-order chi connectivity index (χ0) is 22.3. The van der Waals surface area contributed by atoms with Gasteiger partial charge in [-0.1, -0.05) is 24.3 Å². The third-order valence-corrected chi connectivity index (χ3v) is 5.45. The first-order valence-corrected chi connectivity index (χ1v) is 10.1. The lowest BCUT2D eigenvalue weighted by molar-refractivity contribution is -0.000836. The van der Waals surface area contributed by atoms with Crippen LogP contribution in [0.1, 0.15) is 29.8 Å². The van der Waals surface area contributed by atoms with Crippen LogP contribution in [0.2, 0.25) is 0 Å². The molecule has 7 nitrogen and oxygen atoms in total. The second kappa shape index (κ2) is 8.17. The standard InChI is InChI=1S/C24H25NO6/c1-13(2)31-12-14(26)11-25-21-15-7-5-6-8-16(15)22(27)19(21)17-9-10-18(29-3)23(30-4)20(17)24(25)28/h5-10,13-14,26H,11-12H2,1-4H3/t14-/m1/s1. The van der Waals surface area contributed by atoms with E-state index in [9.17, 15) is 14.7 Å². The third kappa shape index (κ3) is 3.40. The Balaban J connectivity index is 2.03. The Hall–Kier alpha value is -3.16.